The molecule has 2 heterocycles. The van der Waals surface area contributed by atoms with E-state index in [1.54, 1.807) is 6.07 Å². The molecule has 0 unspecified atom stereocenters. The molecule has 0 fully saturated rings. The van der Waals surface area contributed by atoms with Gasteiger partial charge in [0.2, 0.25) is 0 Å². The zero-order valence-corrected chi connectivity index (χ0v) is 6.40. The van der Waals surface area contributed by atoms with Gasteiger partial charge in [-0.05, 0) is 22.6 Å². The van der Waals surface area contributed by atoms with Crippen LogP contribution in [0.4, 0.5) is 0 Å². The van der Waals surface area contributed by atoms with Crippen LogP contribution in [-0.4, -0.2) is 36.7 Å². The fourth-order valence-electron chi connectivity index (χ4n) is 0.787. The van der Waals surface area contributed by atoms with Crippen LogP contribution in [0.1, 0.15) is 10.5 Å². The number of tetrazole rings is 1. The van der Waals surface area contributed by atoms with Crippen molar-refractivity contribution in [2.45, 2.75) is 0 Å². The molecule has 0 aliphatic rings. The maximum Gasteiger partial charge on any atom is 0.179 e. The molecule has 2 rings (SSSR count). The van der Waals surface area contributed by atoms with E-state index in [0.29, 0.717) is 12.1 Å². The van der Waals surface area contributed by atoms with E-state index in [0.717, 1.165) is 0 Å². The van der Waals surface area contributed by atoms with Gasteiger partial charge in [-0.25, -0.2) is 0 Å². The molecule has 2 aromatic heterocycles. The molecular weight excluding hydrogens is 172 g/mol. The summed E-state index contributed by atoms with van der Waals surface area (Å²) in [6.45, 7) is 0. The van der Waals surface area contributed by atoms with Crippen molar-refractivity contribution < 1.29 is 4.79 Å². The topological polar surface area (TPSA) is 86.5 Å². The Morgan fingerprint density at radius 3 is 2.77 bits per heavy atom. The number of aldehydes is 1. The zero-order chi connectivity index (χ0) is 9.10. The summed E-state index contributed by atoms with van der Waals surface area (Å²) < 4.78 is 1.35. The van der Waals surface area contributed by atoms with Crippen LogP contribution in [0.15, 0.2) is 18.5 Å². The van der Waals surface area contributed by atoms with E-state index in [1.807, 2.05) is 0 Å². The average molecular weight is 176 g/mol. The van der Waals surface area contributed by atoms with E-state index in [2.05, 4.69) is 25.7 Å². The molecule has 0 saturated heterocycles. The van der Waals surface area contributed by atoms with Crippen LogP contribution < -0.4 is 0 Å². The molecule has 64 valence electrons. The number of rotatable bonds is 2. The van der Waals surface area contributed by atoms with Gasteiger partial charge in [0.05, 0.1) is 0 Å². The van der Waals surface area contributed by atoms with Crippen molar-refractivity contribution in [1.29, 1.82) is 0 Å². The van der Waals surface area contributed by atoms with E-state index in [1.165, 1.54) is 17.1 Å². The minimum absolute atomic E-state index is 0.275. The summed E-state index contributed by atoms with van der Waals surface area (Å²) in [5.41, 5.74) is 0.275. The zero-order valence-electron chi connectivity index (χ0n) is 6.40. The predicted molar refractivity (Wildman–Crippen MR) is 40.1 cm³/mol. The Labute approximate surface area is 72.4 Å². The summed E-state index contributed by atoms with van der Waals surface area (Å²) in [5.74, 6) is 0.468. The Morgan fingerprint density at radius 1 is 1.31 bits per heavy atom. The number of hydrogen-bond donors (Lipinski definition) is 0. The van der Waals surface area contributed by atoms with Crippen molar-refractivity contribution in [2.24, 2.45) is 0 Å². The molecule has 0 atom stereocenters. The summed E-state index contributed by atoms with van der Waals surface area (Å²) >= 11 is 0. The molecule has 0 aromatic carbocycles. The highest BCUT2D eigenvalue weighted by molar-refractivity contribution is 5.71. The fraction of sp³-hybridized carbons (Fsp3) is 0. The van der Waals surface area contributed by atoms with Gasteiger partial charge in [0.1, 0.15) is 12.0 Å². The lowest BCUT2D eigenvalue weighted by Crippen LogP contribution is -2.01. The molecule has 0 aliphatic heterocycles. The number of aromatic nitrogens is 6. The molecule has 7 heteroatoms. The summed E-state index contributed by atoms with van der Waals surface area (Å²) in [6.07, 6.45) is 2.01. The molecular formula is C6H4N6O. The molecule has 0 N–H and O–H groups in total. The van der Waals surface area contributed by atoms with Crippen LogP contribution in [0.5, 0.6) is 0 Å². The van der Waals surface area contributed by atoms with Crippen molar-refractivity contribution >= 4 is 6.29 Å². The lowest BCUT2D eigenvalue weighted by molar-refractivity contribution is 0.111. The van der Waals surface area contributed by atoms with Crippen molar-refractivity contribution in [3.63, 3.8) is 0 Å². The molecule has 0 amide bonds. The van der Waals surface area contributed by atoms with Crippen LogP contribution in [0.2, 0.25) is 0 Å². The number of carbonyl (C=O) groups is 1. The molecule has 0 bridgehead atoms. The van der Waals surface area contributed by atoms with Crippen molar-refractivity contribution in [3.05, 3.63) is 24.2 Å². The van der Waals surface area contributed by atoms with E-state index in [9.17, 15) is 4.79 Å². The van der Waals surface area contributed by atoms with Gasteiger partial charge in [0, 0.05) is 0 Å². The number of hydrogen-bond acceptors (Lipinski definition) is 6. The Kier molecular flexibility index (Phi) is 1.75. The molecule has 0 aliphatic carbocycles. The first-order valence-electron chi connectivity index (χ1n) is 3.42. The van der Waals surface area contributed by atoms with Crippen LogP contribution >= 0.6 is 0 Å². The SMILES string of the molecule is O=Cc1ccc(-n2cnnn2)nn1. The second-order valence-electron chi connectivity index (χ2n) is 2.19. The smallest absolute Gasteiger partial charge is 0.179 e. The Hall–Kier alpha value is -2.18. The van der Waals surface area contributed by atoms with E-state index in [4.69, 9.17) is 0 Å². The highest BCUT2D eigenvalue weighted by Crippen LogP contribution is 1.97. The van der Waals surface area contributed by atoms with E-state index < -0.39 is 0 Å². The highest BCUT2D eigenvalue weighted by Gasteiger charge is 1.99. The first-order valence-corrected chi connectivity index (χ1v) is 3.42. The summed E-state index contributed by atoms with van der Waals surface area (Å²) in [7, 11) is 0. The quantitative estimate of drug-likeness (QED) is 0.560. The maximum atomic E-state index is 10.3. The van der Waals surface area contributed by atoms with Gasteiger partial charge in [-0.3, -0.25) is 4.79 Å². The summed E-state index contributed by atoms with van der Waals surface area (Å²) in [4.78, 5) is 10.3. The first-order chi connectivity index (χ1) is 6.40. The van der Waals surface area contributed by atoms with Gasteiger partial charge in [-0.1, -0.05) is 0 Å². The van der Waals surface area contributed by atoms with E-state index >= 15 is 0 Å². The third-order valence-electron chi connectivity index (χ3n) is 1.38. The van der Waals surface area contributed by atoms with Crippen LogP contribution in [0.25, 0.3) is 5.82 Å². The minimum Gasteiger partial charge on any atom is -0.296 e. The Morgan fingerprint density at radius 2 is 2.23 bits per heavy atom. The standard InChI is InChI=1S/C6H4N6O/c13-3-5-1-2-6(9-8-5)12-4-7-10-11-12/h1-4H. The van der Waals surface area contributed by atoms with Crippen molar-refractivity contribution in [2.75, 3.05) is 0 Å². The highest BCUT2D eigenvalue weighted by atomic mass is 16.1. The maximum absolute atomic E-state index is 10.3. The normalized spacial score (nSPS) is 9.85. The third kappa shape index (κ3) is 1.39. The minimum atomic E-state index is 0.275. The number of carbonyl (C=O) groups excluding carboxylic acids is 1. The van der Waals surface area contributed by atoms with Gasteiger partial charge >= 0.3 is 0 Å². The van der Waals surface area contributed by atoms with Gasteiger partial charge < -0.3 is 0 Å². The van der Waals surface area contributed by atoms with Gasteiger partial charge in [-0.2, -0.15) is 4.68 Å². The van der Waals surface area contributed by atoms with Gasteiger partial charge in [-0.15, -0.1) is 15.3 Å². The first kappa shape index (κ1) is 7.47. The Balaban J connectivity index is 2.38. The summed E-state index contributed by atoms with van der Waals surface area (Å²) in [6, 6.07) is 3.14. The Bertz CT molecular complexity index is 394. The molecule has 0 radical (unpaired) electrons. The summed E-state index contributed by atoms with van der Waals surface area (Å²) in [5, 5.41) is 17.8. The lowest BCUT2D eigenvalue weighted by Gasteiger charge is -1.94. The van der Waals surface area contributed by atoms with Gasteiger partial charge in [0.15, 0.2) is 12.1 Å². The second kappa shape index (κ2) is 3.05. The largest absolute Gasteiger partial charge is 0.296 e. The molecule has 0 spiro atoms. The molecule has 0 saturated carbocycles. The molecule has 2 aromatic rings. The monoisotopic (exact) mass is 176 g/mol. The molecule has 13 heavy (non-hydrogen) atoms. The van der Waals surface area contributed by atoms with Crippen LogP contribution in [0.3, 0.4) is 0 Å². The van der Waals surface area contributed by atoms with Crippen molar-refractivity contribution in [3.8, 4) is 5.82 Å². The van der Waals surface area contributed by atoms with Crippen molar-refractivity contribution in [1.82, 2.24) is 30.4 Å². The van der Waals surface area contributed by atoms with Gasteiger partial charge in [0.25, 0.3) is 0 Å². The number of nitrogens with zero attached hydrogens (tertiary/aromatic N) is 6. The van der Waals surface area contributed by atoms with Crippen LogP contribution in [0, 0.1) is 0 Å². The van der Waals surface area contributed by atoms with Crippen LogP contribution in [-0.2, 0) is 0 Å². The lowest BCUT2D eigenvalue weighted by atomic mass is 10.4. The molecule has 7 nitrogen and oxygen atoms in total. The second-order valence-corrected chi connectivity index (χ2v) is 2.19. The fourth-order valence-corrected chi connectivity index (χ4v) is 0.787. The predicted octanol–water partition coefficient (Wildman–Crippen LogP) is -0.735. The van der Waals surface area contributed by atoms with E-state index in [-0.39, 0.29) is 5.69 Å². The average Bonchev–Trinajstić information content (AvgIpc) is 2.71. The third-order valence-corrected chi connectivity index (χ3v) is 1.38.